The van der Waals surface area contributed by atoms with Crippen molar-refractivity contribution in [1.29, 1.82) is 0 Å². The molecular weight excluding hydrogens is 312 g/mol. The Kier molecular flexibility index (Phi) is 4.77. The van der Waals surface area contributed by atoms with Crippen LogP contribution in [0.15, 0.2) is 23.3 Å². The summed E-state index contributed by atoms with van der Waals surface area (Å²) in [6.45, 7) is 4.70. The van der Waals surface area contributed by atoms with Gasteiger partial charge in [0.05, 0.1) is 16.9 Å². The van der Waals surface area contributed by atoms with Gasteiger partial charge in [0.1, 0.15) is 24.3 Å². The van der Waals surface area contributed by atoms with Crippen molar-refractivity contribution < 1.29 is 29.0 Å². The highest BCUT2D eigenvalue weighted by Gasteiger charge is 2.57. The van der Waals surface area contributed by atoms with Crippen molar-refractivity contribution in [3.63, 3.8) is 0 Å². The van der Waals surface area contributed by atoms with Gasteiger partial charge in [-0.2, -0.15) is 0 Å². The summed E-state index contributed by atoms with van der Waals surface area (Å²) in [5.41, 5.74) is 4.94. The van der Waals surface area contributed by atoms with E-state index in [9.17, 15) is 19.5 Å². The van der Waals surface area contributed by atoms with Gasteiger partial charge in [-0.25, -0.2) is 9.59 Å². The molecule has 2 aliphatic rings. The first-order chi connectivity index (χ1) is 10.4. The zero-order valence-electron chi connectivity index (χ0n) is 11.9. The molecule has 9 heteroatoms. The number of esters is 1. The number of primary amides is 1. The minimum Gasteiger partial charge on any atom is -0.457 e. The van der Waals surface area contributed by atoms with Gasteiger partial charge in [0.2, 0.25) is 5.91 Å². The number of thioether (sulfide) groups is 1. The predicted molar refractivity (Wildman–Crippen MR) is 77.1 cm³/mol. The van der Waals surface area contributed by atoms with Crippen LogP contribution in [0.25, 0.3) is 0 Å². The average molecular weight is 328 g/mol. The molecule has 3 N–H and O–H groups in total. The molecule has 0 aromatic rings. The molecule has 3 atom stereocenters. The van der Waals surface area contributed by atoms with Crippen molar-refractivity contribution in [2.24, 2.45) is 11.7 Å². The Hall–Kier alpha value is -2.00. The van der Waals surface area contributed by atoms with E-state index in [0.717, 1.165) is 0 Å². The van der Waals surface area contributed by atoms with Crippen molar-refractivity contribution in [1.82, 2.24) is 4.90 Å². The summed E-state index contributed by atoms with van der Waals surface area (Å²) in [5, 5.41) is 9.23. The van der Waals surface area contributed by atoms with E-state index in [4.69, 9.17) is 15.2 Å². The molecule has 120 valence electrons. The fourth-order valence-electron chi connectivity index (χ4n) is 2.28. The van der Waals surface area contributed by atoms with Crippen LogP contribution in [-0.2, 0) is 19.1 Å². The number of aliphatic hydroxyl groups excluding tert-OH is 1. The summed E-state index contributed by atoms with van der Waals surface area (Å²) >= 11 is 1.18. The largest absolute Gasteiger partial charge is 0.457 e. The van der Waals surface area contributed by atoms with Gasteiger partial charge in [0.15, 0.2) is 0 Å². The normalized spacial score (nSPS) is 24.5. The molecule has 22 heavy (non-hydrogen) atoms. The first-order valence-corrected chi connectivity index (χ1v) is 7.37. The standard InChI is InChI=1S/C13H16N2O6S/c1-3-4-20-12(18)9-7(5-21-13(14)19)22-11-8(6(2)16)10(17)15(9)11/h3,6,8,11,16H,1,4-5H2,2H3,(H2,14,19)/t6-,8+,11-/m1/s1. The van der Waals surface area contributed by atoms with E-state index < -0.39 is 29.5 Å². The van der Waals surface area contributed by atoms with Gasteiger partial charge in [0, 0.05) is 0 Å². The van der Waals surface area contributed by atoms with E-state index in [2.05, 4.69) is 6.58 Å². The number of carbonyl (C=O) groups is 3. The van der Waals surface area contributed by atoms with Crippen LogP contribution < -0.4 is 5.73 Å². The first kappa shape index (κ1) is 16.4. The van der Waals surface area contributed by atoms with Crippen LogP contribution in [-0.4, -0.2) is 52.7 Å². The second-order valence-corrected chi connectivity index (χ2v) is 5.96. The summed E-state index contributed by atoms with van der Waals surface area (Å²) in [4.78, 5) is 36.6. The number of rotatable bonds is 6. The zero-order chi connectivity index (χ0) is 16.4. The molecule has 8 nitrogen and oxygen atoms in total. The highest BCUT2D eigenvalue weighted by Crippen LogP contribution is 2.50. The lowest BCUT2D eigenvalue weighted by atomic mass is 9.92. The highest BCUT2D eigenvalue weighted by molar-refractivity contribution is 8.04. The van der Waals surface area contributed by atoms with Crippen LogP contribution in [0.3, 0.4) is 0 Å². The first-order valence-electron chi connectivity index (χ1n) is 6.49. The maximum absolute atomic E-state index is 12.1. The minimum atomic E-state index is -0.987. The van der Waals surface area contributed by atoms with Gasteiger partial charge >= 0.3 is 12.1 Å². The molecule has 0 bridgehead atoms. The fraction of sp³-hybridized carbons (Fsp3) is 0.462. The molecule has 0 spiro atoms. The molecule has 2 rings (SSSR count). The number of fused-ring (bicyclic) bond motifs is 1. The topological polar surface area (TPSA) is 119 Å². The maximum Gasteiger partial charge on any atom is 0.404 e. The van der Waals surface area contributed by atoms with E-state index in [1.165, 1.54) is 29.7 Å². The van der Waals surface area contributed by atoms with Crippen LogP contribution in [0.4, 0.5) is 4.79 Å². The van der Waals surface area contributed by atoms with Gasteiger partial charge in [-0.15, -0.1) is 0 Å². The summed E-state index contributed by atoms with van der Waals surface area (Å²) in [7, 11) is 0. The SMILES string of the molecule is C=CCOC(=O)C1=C(COC(N)=O)S[C@@H]2[C@@H]([C@@H](C)O)C(=O)N12. The van der Waals surface area contributed by atoms with Gasteiger partial charge in [-0.1, -0.05) is 24.4 Å². The summed E-state index contributed by atoms with van der Waals surface area (Å²) in [6, 6.07) is 0. The van der Waals surface area contributed by atoms with Crippen molar-refractivity contribution in [2.75, 3.05) is 13.2 Å². The molecule has 2 amide bonds. The number of ether oxygens (including phenoxy) is 2. The van der Waals surface area contributed by atoms with E-state index in [1.54, 1.807) is 0 Å². The fourth-order valence-corrected chi connectivity index (χ4v) is 3.80. The third kappa shape index (κ3) is 2.81. The maximum atomic E-state index is 12.1. The van der Waals surface area contributed by atoms with Crippen LogP contribution in [0, 0.1) is 5.92 Å². The highest BCUT2D eigenvalue weighted by atomic mass is 32.2. The molecule has 0 aromatic carbocycles. The summed E-state index contributed by atoms with van der Waals surface area (Å²) < 4.78 is 9.65. The number of carbonyl (C=O) groups excluding carboxylic acids is 3. The van der Waals surface area contributed by atoms with Crippen LogP contribution in [0.2, 0.25) is 0 Å². The summed E-state index contributed by atoms with van der Waals surface area (Å²) in [5.74, 6) is -1.69. The Bertz CT molecular complexity index is 559. The van der Waals surface area contributed by atoms with Crippen molar-refractivity contribution >= 4 is 29.7 Å². The van der Waals surface area contributed by atoms with Crippen molar-refractivity contribution in [3.05, 3.63) is 23.3 Å². The molecule has 0 unspecified atom stereocenters. The lowest BCUT2D eigenvalue weighted by molar-refractivity contribution is -0.158. The number of hydrogen-bond acceptors (Lipinski definition) is 7. The Balaban J connectivity index is 2.22. The van der Waals surface area contributed by atoms with E-state index in [1.807, 2.05) is 0 Å². The number of nitrogens with zero attached hydrogens (tertiary/aromatic N) is 1. The molecule has 1 saturated heterocycles. The molecule has 1 fully saturated rings. The smallest absolute Gasteiger partial charge is 0.404 e. The second kappa shape index (κ2) is 6.41. The number of nitrogens with two attached hydrogens (primary N) is 1. The number of aliphatic hydroxyl groups is 1. The molecule has 0 aliphatic carbocycles. The monoisotopic (exact) mass is 328 g/mol. The van der Waals surface area contributed by atoms with Crippen LogP contribution in [0.5, 0.6) is 0 Å². The van der Waals surface area contributed by atoms with Gasteiger partial charge < -0.3 is 20.3 Å². The van der Waals surface area contributed by atoms with Crippen LogP contribution in [0.1, 0.15) is 6.92 Å². The van der Waals surface area contributed by atoms with Gasteiger partial charge in [-0.3, -0.25) is 9.69 Å². The lowest BCUT2D eigenvalue weighted by Gasteiger charge is -2.43. The molecule has 0 radical (unpaired) electrons. The predicted octanol–water partition coefficient (Wildman–Crippen LogP) is -0.0654. The third-order valence-corrected chi connectivity index (χ3v) is 4.58. The average Bonchev–Trinajstić information content (AvgIpc) is 2.76. The van der Waals surface area contributed by atoms with Gasteiger partial charge in [-0.05, 0) is 6.92 Å². The molecule has 2 heterocycles. The second-order valence-electron chi connectivity index (χ2n) is 4.75. The van der Waals surface area contributed by atoms with Crippen molar-refractivity contribution in [3.8, 4) is 0 Å². The Labute approximate surface area is 130 Å². The number of β-lactam (4-membered cyclic amide) rings is 1. The Morgan fingerprint density at radius 3 is 2.77 bits per heavy atom. The zero-order valence-corrected chi connectivity index (χ0v) is 12.7. The molecule has 0 saturated carbocycles. The quantitative estimate of drug-likeness (QED) is 0.398. The number of hydrogen-bond donors (Lipinski definition) is 2. The molecule has 0 aromatic heterocycles. The Morgan fingerprint density at radius 2 is 2.23 bits per heavy atom. The number of amides is 2. The van der Waals surface area contributed by atoms with E-state index in [0.29, 0.717) is 4.91 Å². The lowest BCUT2D eigenvalue weighted by Crippen LogP contribution is -2.60. The molecule has 2 aliphatic heterocycles. The van der Waals surface area contributed by atoms with E-state index >= 15 is 0 Å². The van der Waals surface area contributed by atoms with Crippen molar-refractivity contribution in [2.45, 2.75) is 18.4 Å². The van der Waals surface area contributed by atoms with Crippen LogP contribution >= 0.6 is 11.8 Å². The minimum absolute atomic E-state index is 0.0104. The third-order valence-electron chi connectivity index (χ3n) is 3.24. The molecular formula is C13H16N2O6S. The summed E-state index contributed by atoms with van der Waals surface area (Å²) in [6.07, 6.45) is -0.434. The van der Waals surface area contributed by atoms with Gasteiger partial charge in [0.25, 0.3) is 0 Å². The van der Waals surface area contributed by atoms with E-state index in [-0.39, 0.29) is 24.8 Å². The Morgan fingerprint density at radius 1 is 1.55 bits per heavy atom.